The molecule has 1 aromatic heterocycles. The maximum Gasteiger partial charge on any atom is 0.336 e. The van der Waals surface area contributed by atoms with Crippen LogP contribution in [0.3, 0.4) is 0 Å². The lowest BCUT2D eigenvalue weighted by atomic mass is 10.1. The van der Waals surface area contributed by atoms with Crippen molar-refractivity contribution < 1.29 is 14.6 Å². The third kappa shape index (κ3) is 2.41. The van der Waals surface area contributed by atoms with Crippen LogP contribution >= 0.6 is 0 Å². The van der Waals surface area contributed by atoms with E-state index in [2.05, 4.69) is 10.2 Å². The highest BCUT2D eigenvalue weighted by atomic mass is 16.5. The smallest absolute Gasteiger partial charge is 0.336 e. The fourth-order valence-corrected chi connectivity index (χ4v) is 2.14. The van der Waals surface area contributed by atoms with E-state index >= 15 is 0 Å². The van der Waals surface area contributed by atoms with Gasteiger partial charge in [-0.2, -0.15) is 5.10 Å². The van der Waals surface area contributed by atoms with Crippen LogP contribution in [-0.4, -0.2) is 21.3 Å². The molecule has 1 N–H and O–H groups in total. The monoisotopic (exact) mass is 280 g/mol. The minimum absolute atomic E-state index is 0.209. The number of hydrogen-bond acceptors (Lipinski definition) is 4. The van der Waals surface area contributed by atoms with Gasteiger partial charge in [-0.05, 0) is 25.1 Å². The number of carbonyl (C=O) groups is 1. The molecule has 5 nitrogen and oxygen atoms in total. The van der Waals surface area contributed by atoms with Gasteiger partial charge in [-0.1, -0.05) is 24.3 Å². The highest BCUT2D eigenvalue weighted by Crippen LogP contribution is 2.30. The van der Waals surface area contributed by atoms with Gasteiger partial charge < -0.3 is 9.84 Å². The average Bonchev–Trinajstić information content (AvgIpc) is 2.49. The Balaban J connectivity index is 2.07. The van der Waals surface area contributed by atoms with Gasteiger partial charge in [0.1, 0.15) is 5.75 Å². The molecule has 0 aliphatic heterocycles. The summed E-state index contributed by atoms with van der Waals surface area (Å²) in [7, 11) is 0. The predicted octanol–water partition coefficient (Wildman–Crippen LogP) is 3.43. The van der Waals surface area contributed by atoms with Crippen molar-refractivity contribution in [1.29, 1.82) is 0 Å². The Hall–Kier alpha value is -2.95. The Bertz CT molecular complexity index is 825. The summed E-state index contributed by atoms with van der Waals surface area (Å²) in [5.41, 5.74) is 0.764. The molecule has 0 unspecified atom stereocenters. The Morgan fingerprint density at radius 2 is 1.95 bits per heavy atom. The van der Waals surface area contributed by atoms with Crippen molar-refractivity contribution in [1.82, 2.24) is 10.2 Å². The van der Waals surface area contributed by atoms with Crippen molar-refractivity contribution in [2.24, 2.45) is 0 Å². The quantitative estimate of drug-likeness (QED) is 0.795. The molecule has 3 rings (SSSR count). The fourth-order valence-electron chi connectivity index (χ4n) is 2.14. The summed E-state index contributed by atoms with van der Waals surface area (Å²) in [6, 6.07) is 12.5. The molecule has 21 heavy (non-hydrogen) atoms. The largest absolute Gasteiger partial charge is 0.478 e. The van der Waals surface area contributed by atoms with E-state index in [1.165, 1.54) is 0 Å². The normalized spacial score (nSPS) is 10.5. The summed E-state index contributed by atoms with van der Waals surface area (Å²) in [6.07, 6.45) is 1.66. The van der Waals surface area contributed by atoms with Crippen molar-refractivity contribution in [3.63, 3.8) is 0 Å². The summed E-state index contributed by atoms with van der Waals surface area (Å²) in [5, 5.41) is 18.8. The van der Waals surface area contributed by atoms with Gasteiger partial charge in [-0.15, -0.1) is 5.10 Å². The van der Waals surface area contributed by atoms with E-state index in [-0.39, 0.29) is 5.56 Å². The number of fused-ring (bicyclic) bond motifs is 1. The summed E-state index contributed by atoms with van der Waals surface area (Å²) in [4.78, 5) is 11.2. The van der Waals surface area contributed by atoms with Gasteiger partial charge in [0.25, 0.3) is 0 Å². The van der Waals surface area contributed by atoms with E-state index < -0.39 is 5.97 Å². The molecular weight excluding hydrogens is 268 g/mol. The van der Waals surface area contributed by atoms with Crippen LogP contribution < -0.4 is 4.74 Å². The predicted molar refractivity (Wildman–Crippen MR) is 77.8 cm³/mol. The van der Waals surface area contributed by atoms with Crippen LogP contribution in [0.5, 0.6) is 11.6 Å². The lowest BCUT2D eigenvalue weighted by molar-refractivity contribution is 0.0695. The van der Waals surface area contributed by atoms with E-state index in [0.29, 0.717) is 17.2 Å². The van der Waals surface area contributed by atoms with Crippen LogP contribution in [0, 0.1) is 6.92 Å². The van der Waals surface area contributed by atoms with Crippen LogP contribution in [0.15, 0.2) is 48.7 Å². The molecule has 104 valence electrons. The third-order valence-corrected chi connectivity index (χ3v) is 3.26. The number of nitrogens with zero attached hydrogens (tertiary/aromatic N) is 2. The molecule has 0 spiro atoms. The standard InChI is InChI=1S/C16H12N2O3/c1-10-12(16(19)20)7-4-8-14(10)21-15-13-6-3-2-5-11(13)9-17-18-15/h2-9H,1H3,(H,19,20). The molecule has 0 atom stereocenters. The van der Waals surface area contributed by atoms with E-state index in [4.69, 9.17) is 9.84 Å². The second kappa shape index (κ2) is 5.20. The molecule has 1 heterocycles. The fraction of sp³-hybridized carbons (Fsp3) is 0.0625. The topological polar surface area (TPSA) is 72.3 Å². The second-order valence-electron chi connectivity index (χ2n) is 4.57. The zero-order valence-corrected chi connectivity index (χ0v) is 11.3. The Labute approximate surface area is 120 Å². The van der Waals surface area contributed by atoms with E-state index in [1.54, 1.807) is 31.3 Å². The Kier molecular flexibility index (Phi) is 3.23. The molecule has 0 radical (unpaired) electrons. The second-order valence-corrected chi connectivity index (χ2v) is 4.57. The van der Waals surface area contributed by atoms with E-state index in [0.717, 1.165) is 10.8 Å². The molecule has 0 amide bonds. The molecule has 0 bridgehead atoms. The number of benzene rings is 2. The molecule has 0 saturated carbocycles. The highest BCUT2D eigenvalue weighted by Gasteiger charge is 2.13. The zero-order chi connectivity index (χ0) is 14.8. The summed E-state index contributed by atoms with van der Waals surface area (Å²) in [5.74, 6) is -0.166. The molecule has 5 heteroatoms. The maximum atomic E-state index is 11.2. The summed E-state index contributed by atoms with van der Waals surface area (Å²) in [6.45, 7) is 1.71. The van der Waals surface area contributed by atoms with Crippen molar-refractivity contribution in [3.05, 3.63) is 59.8 Å². The summed E-state index contributed by atoms with van der Waals surface area (Å²) >= 11 is 0. The summed E-state index contributed by atoms with van der Waals surface area (Å²) < 4.78 is 5.78. The highest BCUT2D eigenvalue weighted by molar-refractivity contribution is 5.90. The lowest BCUT2D eigenvalue weighted by Crippen LogP contribution is -2.01. The van der Waals surface area contributed by atoms with Gasteiger partial charge in [0, 0.05) is 16.3 Å². The number of carboxylic acid groups (broad SMARTS) is 1. The number of hydrogen-bond donors (Lipinski definition) is 1. The van der Waals surface area contributed by atoms with Gasteiger partial charge in [0.05, 0.1) is 11.8 Å². The molecule has 0 fully saturated rings. The number of ether oxygens (including phenoxy) is 1. The Morgan fingerprint density at radius 1 is 1.14 bits per heavy atom. The minimum atomic E-state index is -0.984. The molecule has 0 aliphatic rings. The van der Waals surface area contributed by atoms with Crippen LogP contribution in [0.4, 0.5) is 0 Å². The first-order valence-corrected chi connectivity index (χ1v) is 6.38. The van der Waals surface area contributed by atoms with Crippen molar-refractivity contribution in [2.45, 2.75) is 6.92 Å². The molecular formula is C16H12N2O3. The maximum absolute atomic E-state index is 11.2. The number of carboxylic acids is 1. The van der Waals surface area contributed by atoms with Crippen LogP contribution in [0.25, 0.3) is 10.8 Å². The first kappa shape index (κ1) is 13.1. The van der Waals surface area contributed by atoms with Crippen LogP contribution in [0.1, 0.15) is 15.9 Å². The van der Waals surface area contributed by atoms with Gasteiger partial charge in [-0.25, -0.2) is 4.79 Å². The number of aromatic carboxylic acids is 1. The molecule has 2 aromatic carbocycles. The number of rotatable bonds is 3. The first-order chi connectivity index (χ1) is 10.2. The first-order valence-electron chi connectivity index (χ1n) is 6.38. The number of aromatic nitrogens is 2. The third-order valence-electron chi connectivity index (χ3n) is 3.26. The van der Waals surface area contributed by atoms with Crippen molar-refractivity contribution >= 4 is 16.7 Å². The van der Waals surface area contributed by atoms with E-state index in [1.807, 2.05) is 24.3 Å². The van der Waals surface area contributed by atoms with Gasteiger partial charge in [0.2, 0.25) is 5.88 Å². The van der Waals surface area contributed by atoms with Crippen molar-refractivity contribution in [2.75, 3.05) is 0 Å². The lowest BCUT2D eigenvalue weighted by Gasteiger charge is -2.10. The SMILES string of the molecule is Cc1c(Oc2nncc3ccccc23)cccc1C(=O)O. The molecule has 0 aliphatic carbocycles. The Morgan fingerprint density at radius 3 is 2.76 bits per heavy atom. The van der Waals surface area contributed by atoms with Crippen LogP contribution in [0.2, 0.25) is 0 Å². The van der Waals surface area contributed by atoms with Crippen LogP contribution in [-0.2, 0) is 0 Å². The van der Waals surface area contributed by atoms with Gasteiger partial charge >= 0.3 is 5.97 Å². The molecule has 0 saturated heterocycles. The minimum Gasteiger partial charge on any atom is -0.478 e. The zero-order valence-electron chi connectivity index (χ0n) is 11.3. The average molecular weight is 280 g/mol. The molecule has 3 aromatic rings. The van der Waals surface area contributed by atoms with E-state index in [9.17, 15) is 4.79 Å². The van der Waals surface area contributed by atoms with Crippen molar-refractivity contribution in [3.8, 4) is 11.6 Å². The van der Waals surface area contributed by atoms with Gasteiger partial charge in [-0.3, -0.25) is 0 Å². The van der Waals surface area contributed by atoms with Gasteiger partial charge in [0.15, 0.2) is 0 Å².